The summed E-state index contributed by atoms with van der Waals surface area (Å²) >= 11 is 0. The maximum Gasteiger partial charge on any atom is 0.0720 e. The third kappa shape index (κ3) is 2.76. The summed E-state index contributed by atoms with van der Waals surface area (Å²) < 4.78 is 6.02. The van der Waals surface area contributed by atoms with Crippen LogP contribution in [-0.4, -0.2) is 12.1 Å². The maximum absolute atomic E-state index is 6.02. The van der Waals surface area contributed by atoms with Crippen LogP contribution in [0.15, 0.2) is 18.2 Å². The number of benzene rings is 1. The number of nitrogens with two attached hydrogens (primary N) is 1. The zero-order valence-corrected chi connectivity index (χ0v) is 11.0. The summed E-state index contributed by atoms with van der Waals surface area (Å²) in [5, 5.41) is 0. The molecule has 2 N–H and O–H groups in total. The smallest absolute Gasteiger partial charge is 0.0720 e. The first-order valence-corrected chi connectivity index (χ1v) is 7.29. The van der Waals surface area contributed by atoms with E-state index in [4.69, 9.17) is 10.5 Å². The van der Waals surface area contributed by atoms with Crippen molar-refractivity contribution in [3.05, 3.63) is 34.9 Å². The first kappa shape index (κ1) is 12.2. The van der Waals surface area contributed by atoms with Gasteiger partial charge in [-0.3, -0.25) is 0 Å². The average molecular weight is 245 g/mol. The van der Waals surface area contributed by atoms with E-state index >= 15 is 0 Å². The molecule has 0 saturated heterocycles. The minimum atomic E-state index is 0.407. The Morgan fingerprint density at radius 1 is 1.06 bits per heavy atom. The third-order valence-electron chi connectivity index (χ3n) is 4.37. The van der Waals surface area contributed by atoms with E-state index in [-0.39, 0.29) is 0 Å². The molecule has 0 unspecified atom stereocenters. The summed E-state index contributed by atoms with van der Waals surface area (Å²) in [6.45, 7) is 0.771. The van der Waals surface area contributed by atoms with Gasteiger partial charge in [-0.25, -0.2) is 0 Å². The van der Waals surface area contributed by atoms with E-state index in [1.165, 1.54) is 24.8 Å². The van der Waals surface area contributed by atoms with E-state index in [1.54, 1.807) is 11.1 Å². The molecule has 2 aliphatic carbocycles. The molecule has 0 bridgehead atoms. The van der Waals surface area contributed by atoms with Gasteiger partial charge in [0.2, 0.25) is 0 Å². The molecule has 0 aliphatic heterocycles. The summed E-state index contributed by atoms with van der Waals surface area (Å²) in [5.74, 6) is 0. The van der Waals surface area contributed by atoms with Crippen molar-refractivity contribution in [1.82, 2.24) is 0 Å². The minimum absolute atomic E-state index is 0.407. The van der Waals surface area contributed by atoms with Gasteiger partial charge in [-0.2, -0.15) is 0 Å². The van der Waals surface area contributed by atoms with Crippen LogP contribution in [0.4, 0.5) is 0 Å². The Morgan fingerprint density at radius 3 is 2.67 bits per heavy atom. The molecule has 98 valence electrons. The number of rotatable bonds is 3. The van der Waals surface area contributed by atoms with Crippen molar-refractivity contribution < 1.29 is 4.74 Å². The molecule has 18 heavy (non-hydrogen) atoms. The quantitative estimate of drug-likeness (QED) is 0.888. The van der Waals surface area contributed by atoms with Crippen LogP contribution in [0.3, 0.4) is 0 Å². The number of fused-ring (bicyclic) bond motifs is 1. The fourth-order valence-corrected chi connectivity index (χ4v) is 3.18. The maximum atomic E-state index is 6.02. The molecule has 1 aromatic rings. The van der Waals surface area contributed by atoms with Crippen molar-refractivity contribution in [2.45, 2.75) is 63.7 Å². The molecule has 2 heteroatoms. The fourth-order valence-electron chi connectivity index (χ4n) is 3.18. The summed E-state index contributed by atoms with van der Waals surface area (Å²) in [6, 6.07) is 7.28. The highest BCUT2D eigenvalue weighted by molar-refractivity contribution is 5.35. The van der Waals surface area contributed by atoms with Crippen LogP contribution in [0, 0.1) is 0 Å². The summed E-state index contributed by atoms with van der Waals surface area (Å²) in [7, 11) is 0. The lowest BCUT2D eigenvalue weighted by Crippen LogP contribution is -2.30. The zero-order chi connectivity index (χ0) is 12.4. The molecule has 1 aromatic carbocycles. The van der Waals surface area contributed by atoms with E-state index in [1.807, 2.05) is 0 Å². The molecule has 3 rings (SSSR count). The molecule has 2 aliphatic rings. The lowest BCUT2D eigenvalue weighted by atomic mass is 9.94. The highest BCUT2D eigenvalue weighted by atomic mass is 16.5. The standard InChI is InChI=1S/C16H23NO/c17-15-6-8-16(9-7-15)18-11-12-4-5-13-2-1-3-14(13)10-12/h4-5,10,15-16H,1-3,6-9,11,17H2. The lowest BCUT2D eigenvalue weighted by Gasteiger charge is -2.26. The lowest BCUT2D eigenvalue weighted by molar-refractivity contribution is 0.0138. The number of ether oxygens (including phenoxy) is 1. The zero-order valence-electron chi connectivity index (χ0n) is 11.0. The normalized spacial score (nSPS) is 27.2. The SMILES string of the molecule is NC1CCC(OCc2ccc3c(c2)CCC3)CC1. The average Bonchev–Trinajstić information content (AvgIpc) is 2.85. The van der Waals surface area contributed by atoms with E-state index in [2.05, 4.69) is 18.2 Å². The second kappa shape index (κ2) is 5.41. The van der Waals surface area contributed by atoms with Crippen molar-refractivity contribution in [1.29, 1.82) is 0 Å². The van der Waals surface area contributed by atoms with Crippen LogP contribution in [0.2, 0.25) is 0 Å². The Morgan fingerprint density at radius 2 is 1.83 bits per heavy atom. The largest absolute Gasteiger partial charge is 0.374 e. The minimum Gasteiger partial charge on any atom is -0.374 e. The molecular weight excluding hydrogens is 222 g/mol. The number of aryl methyl sites for hydroxylation is 2. The van der Waals surface area contributed by atoms with Crippen molar-refractivity contribution in [3.8, 4) is 0 Å². The Bertz CT molecular complexity index is 408. The van der Waals surface area contributed by atoms with Gasteiger partial charge in [0.15, 0.2) is 0 Å². The molecule has 1 fully saturated rings. The van der Waals surface area contributed by atoms with Crippen LogP contribution < -0.4 is 5.73 Å². The monoisotopic (exact) mass is 245 g/mol. The van der Waals surface area contributed by atoms with E-state index in [9.17, 15) is 0 Å². The summed E-state index contributed by atoms with van der Waals surface area (Å²) in [6.07, 6.45) is 8.76. The Kier molecular flexibility index (Phi) is 3.67. The first-order chi connectivity index (χ1) is 8.81. The first-order valence-electron chi connectivity index (χ1n) is 7.29. The molecule has 2 nitrogen and oxygen atoms in total. The van der Waals surface area contributed by atoms with Gasteiger partial charge in [0.1, 0.15) is 0 Å². The second-order valence-corrected chi connectivity index (χ2v) is 5.80. The highest BCUT2D eigenvalue weighted by Crippen LogP contribution is 2.25. The van der Waals surface area contributed by atoms with Crippen LogP contribution >= 0.6 is 0 Å². The van der Waals surface area contributed by atoms with Crippen LogP contribution in [0.25, 0.3) is 0 Å². The van der Waals surface area contributed by atoms with Gasteiger partial charge >= 0.3 is 0 Å². The van der Waals surface area contributed by atoms with Gasteiger partial charge in [-0.15, -0.1) is 0 Å². The van der Waals surface area contributed by atoms with Crippen molar-refractivity contribution in [2.75, 3.05) is 0 Å². The van der Waals surface area contributed by atoms with Gasteiger partial charge < -0.3 is 10.5 Å². The molecule has 0 spiro atoms. The van der Waals surface area contributed by atoms with E-state index in [0.29, 0.717) is 12.1 Å². The van der Waals surface area contributed by atoms with Crippen molar-refractivity contribution in [2.24, 2.45) is 5.73 Å². The molecule has 0 aromatic heterocycles. The highest BCUT2D eigenvalue weighted by Gasteiger charge is 2.19. The Labute approximate surface area is 110 Å². The van der Waals surface area contributed by atoms with Crippen LogP contribution in [0.1, 0.15) is 48.8 Å². The third-order valence-corrected chi connectivity index (χ3v) is 4.37. The molecule has 0 atom stereocenters. The van der Waals surface area contributed by atoms with Gasteiger partial charge in [0, 0.05) is 6.04 Å². The molecule has 0 radical (unpaired) electrons. The predicted molar refractivity (Wildman–Crippen MR) is 73.5 cm³/mol. The van der Waals surface area contributed by atoms with Crippen LogP contribution in [0.5, 0.6) is 0 Å². The van der Waals surface area contributed by atoms with Gasteiger partial charge in [0.05, 0.1) is 12.7 Å². The predicted octanol–water partition coefficient (Wildman–Crippen LogP) is 2.96. The van der Waals surface area contributed by atoms with Gasteiger partial charge in [-0.1, -0.05) is 18.2 Å². The fraction of sp³-hybridized carbons (Fsp3) is 0.625. The molecular formula is C16H23NO. The van der Waals surface area contributed by atoms with E-state index < -0.39 is 0 Å². The van der Waals surface area contributed by atoms with Crippen molar-refractivity contribution >= 4 is 0 Å². The molecule has 1 saturated carbocycles. The van der Waals surface area contributed by atoms with E-state index in [0.717, 1.165) is 32.3 Å². The molecule has 0 heterocycles. The van der Waals surface area contributed by atoms with Gasteiger partial charge in [-0.05, 0) is 61.6 Å². The number of hydrogen-bond acceptors (Lipinski definition) is 2. The van der Waals surface area contributed by atoms with Gasteiger partial charge in [0.25, 0.3) is 0 Å². The molecule has 0 amide bonds. The van der Waals surface area contributed by atoms with Crippen molar-refractivity contribution in [3.63, 3.8) is 0 Å². The topological polar surface area (TPSA) is 35.2 Å². The number of hydrogen-bond donors (Lipinski definition) is 1. The van der Waals surface area contributed by atoms with Crippen LogP contribution in [-0.2, 0) is 24.2 Å². The summed E-state index contributed by atoms with van der Waals surface area (Å²) in [4.78, 5) is 0. The Balaban J connectivity index is 1.54. The Hall–Kier alpha value is -0.860. The summed E-state index contributed by atoms with van der Waals surface area (Å²) in [5.41, 5.74) is 10.3. The second-order valence-electron chi connectivity index (χ2n) is 5.80.